The average Bonchev–Trinajstić information content (AvgIpc) is 2.44. The second-order valence-electron chi connectivity index (χ2n) is 4.68. The molecule has 21 heavy (non-hydrogen) atoms. The summed E-state index contributed by atoms with van der Waals surface area (Å²) < 4.78 is 18.5. The molecule has 0 spiro atoms. The van der Waals surface area contributed by atoms with Crippen molar-refractivity contribution in [3.05, 3.63) is 35.8 Å². The van der Waals surface area contributed by atoms with Gasteiger partial charge < -0.3 is 15.2 Å². The van der Waals surface area contributed by atoms with Crippen LogP contribution in [0, 0.1) is 5.82 Å². The number of nitrogens with one attached hydrogen (secondary N) is 1. The van der Waals surface area contributed by atoms with Crippen molar-refractivity contribution in [3.63, 3.8) is 0 Å². The van der Waals surface area contributed by atoms with Crippen LogP contribution in [0.15, 0.2) is 24.3 Å². The van der Waals surface area contributed by atoms with Gasteiger partial charge in [0.05, 0.1) is 17.8 Å². The number of rotatable bonds is 7. The lowest BCUT2D eigenvalue weighted by Gasteiger charge is -2.11. The van der Waals surface area contributed by atoms with Crippen molar-refractivity contribution in [1.82, 2.24) is 4.98 Å². The number of aromatic nitrogens is 1. The van der Waals surface area contributed by atoms with Gasteiger partial charge >= 0.3 is 5.97 Å². The van der Waals surface area contributed by atoms with Gasteiger partial charge in [-0.1, -0.05) is 0 Å². The van der Waals surface area contributed by atoms with E-state index in [1.807, 2.05) is 0 Å². The highest BCUT2D eigenvalue weighted by molar-refractivity contribution is 5.91. The number of benzene rings is 1. The smallest absolute Gasteiger partial charge is 0.303 e. The summed E-state index contributed by atoms with van der Waals surface area (Å²) in [4.78, 5) is 14.9. The minimum absolute atomic E-state index is 0.0926. The number of hydrogen-bond acceptors (Lipinski definition) is 4. The molecule has 2 aromatic rings. The molecule has 2 N–H and O–H groups in total. The van der Waals surface area contributed by atoms with Gasteiger partial charge in [-0.3, -0.25) is 9.78 Å². The third-order valence-electron chi connectivity index (χ3n) is 3.00. The van der Waals surface area contributed by atoms with Gasteiger partial charge in [-0.25, -0.2) is 4.39 Å². The van der Waals surface area contributed by atoms with Crippen LogP contribution >= 0.6 is 0 Å². The number of methoxy groups -OCH3 is 1. The highest BCUT2D eigenvalue weighted by atomic mass is 19.1. The van der Waals surface area contributed by atoms with Crippen LogP contribution in [-0.4, -0.2) is 29.7 Å². The second-order valence-corrected chi connectivity index (χ2v) is 4.68. The van der Waals surface area contributed by atoms with Crippen LogP contribution in [0.4, 0.5) is 10.1 Å². The molecule has 0 saturated heterocycles. The summed E-state index contributed by atoms with van der Waals surface area (Å²) in [5.74, 6) is -1.17. The number of aliphatic carboxylic acids is 1. The number of carbonyl (C=O) groups is 1. The molecule has 0 bridgehead atoms. The summed E-state index contributed by atoms with van der Waals surface area (Å²) in [5.41, 5.74) is 2.14. The normalized spacial score (nSPS) is 10.8. The van der Waals surface area contributed by atoms with Gasteiger partial charge in [0.15, 0.2) is 0 Å². The topological polar surface area (TPSA) is 71.5 Å². The highest BCUT2D eigenvalue weighted by Crippen LogP contribution is 2.24. The van der Waals surface area contributed by atoms with E-state index >= 15 is 0 Å². The van der Waals surface area contributed by atoms with E-state index in [4.69, 9.17) is 9.84 Å². The Kier molecular flexibility index (Phi) is 5.05. The zero-order valence-electron chi connectivity index (χ0n) is 11.7. The van der Waals surface area contributed by atoms with E-state index in [0.717, 1.165) is 11.4 Å². The quantitative estimate of drug-likeness (QED) is 0.768. The highest BCUT2D eigenvalue weighted by Gasteiger charge is 2.07. The molecule has 6 heteroatoms. The summed E-state index contributed by atoms with van der Waals surface area (Å²) >= 11 is 0. The molecule has 5 nitrogen and oxygen atoms in total. The predicted octanol–water partition coefficient (Wildman–Crippen LogP) is 2.80. The fraction of sp³-hybridized carbons (Fsp3) is 0.333. The zero-order valence-corrected chi connectivity index (χ0v) is 11.7. The average molecular weight is 292 g/mol. The summed E-state index contributed by atoms with van der Waals surface area (Å²) in [5, 5.41) is 12.4. The van der Waals surface area contributed by atoms with Crippen LogP contribution in [0.2, 0.25) is 0 Å². The summed E-state index contributed by atoms with van der Waals surface area (Å²) in [6, 6.07) is 6.19. The monoisotopic (exact) mass is 292 g/mol. The first-order valence-electron chi connectivity index (χ1n) is 6.64. The number of halogens is 1. The van der Waals surface area contributed by atoms with E-state index in [0.29, 0.717) is 30.5 Å². The number of hydrogen-bond donors (Lipinski definition) is 2. The van der Waals surface area contributed by atoms with Crippen molar-refractivity contribution in [3.8, 4) is 0 Å². The first-order chi connectivity index (χ1) is 10.1. The molecule has 0 aliphatic rings. The van der Waals surface area contributed by atoms with E-state index in [9.17, 15) is 9.18 Å². The van der Waals surface area contributed by atoms with Crippen LogP contribution in [0.5, 0.6) is 0 Å². The Morgan fingerprint density at radius 1 is 1.43 bits per heavy atom. The number of carboxylic acid groups (broad SMARTS) is 1. The molecule has 2 rings (SSSR count). The molecule has 0 aliphatic carbocycles. The minimum atomic E-state index is -0.831. The van der Waals surface area contributed by atoms with Crippen molar-refractivity contribution in [2.75, 3.05) is 19.0 Å². The first-order valence-corrected chi connectivity index (χ1v) is 6.64. The Morgan fingerprint density at radius 3 is 2.95 bits per heavy atom. The maximum Gasteiger partial charge on any atom is 0.303 e. The fourth-order valence-corrected chi connectivity index (χ4v) is 2.08. The number of nitrogens with zero attached hydrogens (tertiary/aromatic N) is 1. The van der Waals surface area contributed by atoms with Crippen molar-refractivity contribution >= 4 is 22.6 Å². The van der Waals surface area contributed by atoms with E-state index in [2.05, 4.69) is 10.3 Å². The number of fused-ring (bicyclic) bond motifs is 1. The SMILES string of the molecule is COCc1cc(NCCCC(=O)O)c2cc(F)ccc2n1. The molecule has 0 atom stereocenters. The van der Waals surface area contributed by atoms with E-state index < -0.39 is 5.97 Å². The lowest BCUT2D eigenvalue weighted by Crippen LogP contribution is -2.06. The summed E-state index contributed by atoms with van der Waals surface area (Å²) in [6.07, 6.45) is 0.587. The standard InChI is InChI=1S/C15H17FN2O3/c1-21-9-11-8-14(17-6-2-3-15(19)20)12-7-10(16)4-5-13(12)18-11/h4-5,7-8H,2-3,6,9H2,1H3,(H,17,18)(H,19,20). The second kappa shape index (κ2) is 6.99. The van der Waals surface area contributed by atoms with Crippen LogP contribution in [0.3, 0.4) is 0 Å². The first kappa shape index (κ1) is 15.2. The van der Waals surface area contributed by atoms with Crippen LogP contribution in [-0.2, 0) is 16.1 Å². The van der Waals surface area contributed by atoms with Gasteiger partial charge in [0.1, 0.15) is 5.82 Å². The van der Waals surface area contributed by atoms with Gasteiger partial charge in [0, 0.05) is 31.1 Å². The van der Waals surface area contributed by atoms with Crippen LogP contribution < -0.4 is 5.32 Å². The van der Waals surface area contributed by atoms with Gasteiger partial charge in [-0.05, 0) is 30.7 Å². The van der Waals surface area contributed by atoms with Crippen LogP contribution in [0.1, 0.15) is 18.5 Å². The molecule has 0 fully saturated rings. The third-order valence-corrected chi connectivity index (χ3v) is 3.00. The summed E-state index contributed by atoms with van der Waals surface area (Å²) in [6.45, 7) is 0.853. The van der Waals surface area contributed by atoms with Gasteiger partial charge in [0.2, 0.25) is 0 Å². The van der Waals surface area contributed by atoms with Gasteiger partial charge in [-0.15, -0.1) is 0 Å². The van der Waals surface area contributed by atoms with Gasteiger partial charge in [-0.2, -0.15) is 0 Å². The molecule has 0 unspecified atom stereocenters. The maximum atomic E-state index is 13.4. The molecule has 1 aromatic heterocycles. The largest absolute Gasteiger partial charge is 0.481 e. The molecule has 112 valence electrons. The van der Waals surface area contributed by atoms with E-state index in [1.54, 1.807) is 19.2 Å². The van der Waals surface area contributed by atoms with Crippen molar-refractivity contribution in [2.24, 2.45) is 0 Å². The molecule has 1 heterocycles. The molecule has 0 saturated carbocycles. The Bertz CT molecular complexity index is 646. The Hall–Kier alpha value is -2.21. The predicted molar refractivity (Wildman–Crippen MR) is 77.8 cm³/mol. The van der Waals surface area contributed by atoms with E-state index in [1.165, 1.54) is 12.1 Å². The van der Waals surface area contributed by atoms with E-state index in [-0.39, 0.29) is 12.2 Å². The van der Waals surface area contributed by atoms with Crippen LogP contribution in [0.25, 0.3) is 10.9 Å². The van der Waals surface area contributed by atoms with Crippen molar-refractivity contribution in [1.29, 1.82) is 0 Å². The lowest BCUT2D eigenvalue weighted by atomic mass is 10.1. The maximum absolute atomic E-state index is 13.4. The number of carboxylic acids is 1. The van der Waals surface area contributed by atoms with Gasteiger partial charge in [0.25, 0.3) is 0 Å². The van der Waals surface area contributed by atoms with Crippen molar-refractivity contribution in [2.45, 2.75) is 19.4 Å². The molecule has 0 aliphatic heterocycles. The zero-order chi connectivity index (χ0) is 15.2. The number of pyridine rings is 1. The number of anilines is 1. The molecular formula is C15H17FN2O3. The number of ether oxygens (including phenoxy) is 1. The molecule has 0 radical (unpaired) electrons. The molecule has 1 aromatic carbocycles. The Labute approximate surface area is 121 Å². The lowest BCUT2D eigenvalue weighted by molar-refractivity contribution is -0.137. The Morgan fingerprint density at radius 2 is 2.24 bits per heavy atom. The third kappa shape index (κ3) is 4.13. The minimum Gasteiger partial charge on any atom is -0.481 e. The summed E-state index contributed by atoms with van der Waals surface area (Å²) in [7, 11) is 1.58. The molecular weight excluding hydrogens is 275 g/mol. The fourth-order valence-electron chi connectivity index (χ4n) is 2.08. The molecule has 0 amide bonds. The van der Waals surface area contributed by atoms with Crippen molar-refractivity contribution < 1.29 is 19.0 Å². The Balaban J connectivity index is 2.25.